The van der Waals surface area contributed by atoms with Crippen LogP contribution in [-0.4, -0.2) is 35.1 Å². The summed E-state index contributed by atoms with van der Waals surface area (Å²) < 4.78 is 10.8. The summed E-state index contributed by atoms with van der Waals surface area (Å²) in [7, 11) is 1.39. The Labute approximate surface area is 184 Å². The van der Waals surface area contributed by atoms with Crippen molar-refractivity contribution in [2.45, 2.75) is 60.0 Å². The van der Waals surface area contributed by atoms with Gasteiger partial charge >= 0.3 is 5.97 Å². The van der Waals surface area contributed by atoms with Crippen molar-refractivity contribution in [2.75, 3.05) is 7.11 Å². The van der Waals surface area contributed by atoms with Gasteiger partial charge in [0.05, 0.1) is 13.0 Å². The minimum absolute atomic E-state index is 0.0385. The average Bonchev–Trinajstić information content (AvgIpc) is 2.69. The number of aromatic nitrogens is 1. The minimum Gasteiger partial charge on any atom is -0.503 e. The van der Waals surface area contributed by atoms with Gasteiger partial charge in [0.25, 0.3) is 0 Å². The fourth-order valence-corrected chi connectivity index (χ4v) is 3.99. The van der Waals surface area contributed by atoms with Crippen molar-refractivity contribution in [1.82, 2.24) is 4.98 Å². The molecule has 0 radical (unpaired) electrons. The van der Waals surface area contributed by atoms with E-state index in [4.69, 9.17) is 9.47 Å². The van der Waals surface area contributed by atoms with Crippen LogP contribution in [0.5, 0.6) is 11.5 Å². The van der Waals surface area contributed by atoms with Gasteiger partial charge in [0.2, 0.25) is 0 Å². The van der Waals surface area contributed by atoms with Gasteiger partial charge in [-0.15, -0.1) is 0 Å². The summed E-state index contributed by atoms with van der Waals surface area (Å²) in [5.41, 5.74) is 3.41. The summed E-state index contributed by atoms with van der Waals surface area (Å²) in [4.78, 5) is 29.3. The predicted octanol–water partition coefficient (Wildman–Crippen LogP) is 4.99. The first kappa shape index (κ1) is 24.4. The molecule has 2 aromatic rings. The molecule has 1 aromatic heterocycles. The Morgan fingerprint density at radius 2 is 1.77 bits per heavy atom. The Balaban J connectivity index is 2.11. The molecule has 3 atom stereocenters. The second-order valence-corrected chi connectivity index (χ2v) is 8.51. The van der Waals surface area contributed by atoms with Gasteiger partial charge in [0, 0.05) is 24.6 Å². The summed E-state index contributed by atoms with van der Waals surface area (Å²) >= 11 is 0. The molecule has 0 bridgehead atoms. The van der Waals surface area contributed by atoms with Gasteiger partial charge in [0.1, 0.15) is 6.10 Å². The highest BCUT2D eigenvalue weighted by molar-refractivity contribution is 5.99. The van der Waals surface area contributed by atoms with Crippen molar-refractivity contribution < 1.29 is 24.2 Å². The molecule has 1 aromatic carbocycles. The molecule has 0 saturated heterocycles. The predicted molar refractivity (Wildman–Crippen MR) is 120 cm³/mol. The number of hydrogen-bond acceptors (Lipinski definition) is 6. The van der Waals surface area contributed by atoms with E-state index in [-0.39, 0.29) is 41.6 Å². The Hall–Kier alpha value is -2.89. The lowest BCUT2D eigenvalue weighted by Gasteiger charge is -2.30. The number of pyridine rings is 1. The number of carbonyl (C=O) groups is 2. The van der Waals surface area contributed by atoms with E-state index in [2.05, 4.69) is 50.9 Å². The van der Waals surface area contributed by atoms with Crippen molar-refractivity contribution in [2.24, 2.45) is 11.8 Å². The van der Waals surface area contributed by atoms with E-state index in [0.29, 0.717) is 0 Å². The highest BCUT2D eigenvalue weighted by Crippen LogP contribution is 2.33. The minimum atomic E-state index is -0.672. The van der Waals surface area contributed by atoms with Crippen LogP contribution in [0.2, 0.25) is 0 Å². The monoisotopic (exact) mass is 427 g/mol. The second-order valence-electron chi connectivity index (χ2n) is 8.51. The number of esters is 1. The van der Waals surface area contributed by atoms with Crippen LogP contribution in [0, 0.1) is 25.7 Å². The third-order valence-electron chi connectivity index (χ3n) is 5.58. The summed E-state index contributed by atoms with van der Waals surface area (Å²) in [5, 5.41) is 10.1. The normalized spacial score (nSPS) is 14.1. The molecule has 0 unspecified atom stereocenters. The Bertz CT molecular complexity index is 938. The average molecular weight is 428 g/mol. The Kier molecular flexibility index (Phi) is 8.20. The quantitative estimate of drug-likeness (QED) is 0.448. The van der Waals surface area contributed by atoms with E-state index in [9.17, 15) is 14.7 Å². The Morgan fingerprint density at radius 1 is 1.10 bits per heavy atom. The molecule has 0 saturated carbocycles. The van der Waals surface area contributed by atoms with Gasteiger partial charge in [-0.25, -0.2) is 4.98 Å². The maximum absolute atomic E-state index is 12.7. The SMILES string of the molecule is COc1ccnc(C(=O)C[C@@H](C)C(=O)O[C@@H](C)[C@@H](c2ccc(C)cc2C)C(C)C)c1O. The standard InChI is InChI=1S/C25H33NO5/c1-14(2)22(19-9-8-15(3)12-16(19)4)18(6)31-25(29)17(5)13-20(27)23-24(28)21(30-7)10-11-26-23/h8-12,14,17-18,22,28H,13H2,1-7H3/t17-,18+,22+/m1/s1. The molecule has 0 aliphatic heterocycles. The largest absolute Gasteiger partial charge is 0.503 e. The van der Waals surface area contributed by atoms with E-state index >= 15 is 0 Å². The zero-order valence-electron chi connectivity index (χ0n) is 19.4. The lowest BCUT2D eigenvalue weighted by atomic mass is 9.82. The van der Waals surface area contributed by atoms with Crippen LogP contribution in [0.4, 0.5) is 0 Å². The second kappa shape index (κ2) is 10.4. The zero-order valence-corrected chi connectivity index (χ0v) is 19.4. The van der Waals surface area contributed by atoms with Gasteiger partial charge in [-0.1, -0.05) is 44.5 Å². The molecule has 0 amide bonds. The molecule has 2 rings (SSSR count). The van der Waals surface area contributed by atoms with E-state index in [1.54, 1.807) is 6.92 Å². The molecule has 6 nitrogen and oxygen atoms in total. The van der Waals surface area contributed by atoms with Crippen LogP contribution in [0.15, 0.2) is 30.5 Å². The van der Waals surface area contributed by atoms with E-state index in [0.717, 1.165) is 5.56 Å². The fraction of sp³-hybridized carbons (Fsp3) is 0.480. The number of ether oxygens (including phenoxy) is 2. The van der Waals surface area contributed by atoms with Gasteiger partial charge in [-0.3, -0.25) is 9.59 Å². The van der Waals surface area contributed by atoms with E-state index in [1.807, 2.05) is 6.92 Å². The topological polar surface area (TPSA) is 85.7 Å². The zero-order chi connectivity index (χ0) is 23.3. The molecular weight excluding hydrogens is 394 g/mol. The highest BCUT2D eigenvalue weighted by Gasteiger charge is 2.30. The number of Topliss-reactive ketones (excluding diaryl/α,β-unsaturated/α-hetero) is 1. The third kappa shape index (κ3) is 5.84. The van der Waals surface area contributed by atoms with E-state index in [1.165, 1.54) is 30.5 Å². The summed E-state index contributed by atoms with van der Waals surface area (Å²) in [6.45, 7) is 11.9. The molecule has 168 valence electrons. The van der Waals surface area contributed by atoms with Gasteiger partial charge in [0.15, 0.2) is 23.0 Å². The van der Waals surface area contributed by atoms with Crippen LogP contribution in [0.25, 0.3) is 0 Å². The molecule has 0 fully saturated rings. The number of hydrogen-bond donors (Lipinski definition) is 1. The van der Waals surface area contributed by atoms with Crippen molar-refractivity contribution in [3.8, 4) is 11.5 Å². The lowest BCUT2D eigenvalue weighted by Crippen LogP contribution is -2.30. The van der Waals surface area contributed by atoms with Gasteiger partial charge in [-0.05, 0) is 37.8 Å². The molecule has 1 N–H and O–H groups in total. The van der Waals surface area contributed by atoms with Crippen molar-refractivity contribution in [1.29, 1.82) is 0 Å². The smallest absolute Gasteiger partial charge is 0.309 e. The highest BCUT2D eigenvalue weighted by atomic mass is 16.5. The molecule has 31 heavy (non-hydrogen) atoms. The van der Waals surface area contributed by atoms with Crippen molar-refractivity contribution >= 4 is 11.8 Å². The number of nitrogens with zero attached hydrogens (tertiary/aromatic N) is 1. The molecule has 6 heteroatoms. The molecule has 1 heterocycles. The van der Waals surface area contributed by atoms with Gasteiger partial charge in [-0.2, -0.15) is 0 Å². The lowest BCUT2D eigenvalue weighted by molar-refractivity contribution is -0.154. The van der Waals surface area contributed by atoms with Crippen LogP contribution >= 0.6 is 0 Å². The number of benzene rings is 1. The first-order valence-electron chi connectivity index (χ1n) is 10.6. The number of aryl methyl sites for hydroxylation is 2. The fourth-order valence-electron chi connectivity index (χ4n) is 3.99. The number of rotatable bonds is 9. The summed E-state index contributed by atoms with van der Waals surface area (Å²) in [6, 6.07) is 7.77. The number of aromatic hydroxyl groups is 1. The van der Waals surface area contributed by atoms with Crippen molar-refractivity contribution in [3.63, 3.8) is 0 Å². The van der Waals surface area contributed by atoms with Crippen LogP contribution in [0.3, 0.4) is 0 Å². The number of methoxy groups -OCH3 is 1. The van der Waals surface area contributed by atoms with E-state index < -0.39 is 17.7 Å². The van der Waals surface area contributed by atoms with Crippen LogP contribution < -0.4 is 4.74 Å². The number of carbonyl (C=O) groups excluding carboxylic acids is 2. The molecular formula is C25H33NO5. The Morgan fingerprint density at radius 3 is 2.35 bits per heavy atom. The van der Waals surface area contributed by atoms with Crippen LogP contribution in [-0.2, 0) is 9.53 Å². The van der Waals surface area contributed by atoms with Crippen LogP contribution in [0.1, 0.15) is 67.2 Å². The maximum Gasteiger partial charge on any atom is 0.309 e. The molecule has 0 aliphatic rings. The maximum atomic E-state index is 12.7. The molecule has 0 spiro atoms. The third-order valence-corrected chi connectivity index (χ3v) is 5.58. The van der Waals surface area contributed by atoms with Gasteiger partial charge < -0.3 is 14.6 Å². The first-order chi connectivity index (χ1) is 14.6. The summed E-state index contributed by atoms with van der Waals surface area (Å²) in [5.74, 6) is -1.42. The molecule has 0 aliphatic carbocycles. The van der Waals surface area contributed by atoms with Crippen molar-refractivity contribution in [3.05, 3.63) is 52.8 Å². The first-order valence-corrected chi connectivity index (χ1v) is 10.6. The summed E-state index contributed by atoms with van der Waals surface area (Å²) in [6.07, 6.45) is 0.915. The number of ketones is 1.